The Bertz CT molecular complexity index is 597. The molecule has 29 heavy (non-hydrogen) atoms. The van der Waals surface area contributed by atoms with E-state index < -0.39 is 20.5 Å². The van der Waals surface area contributed by atoms with Crippen molar-refractivity contribution in [3.8, 4) is 0 Å². The van der Waals surface area contributed by atoms with Crippen molar-refractivity contribution in [3.05, 3.63) is 12.2 Å². The number of carbonyl (C=O) groups is 1. The number of rotatable bonds is 7. The second kappa shape index (κ2) is 9.21. The Morgan fingerprint density at radius 1 is 1.28 bits per heavy atom. The number of halogens is 1. The molecule has 0 bridgehead atoms. The summed E-state index contributed by atoms with van der Waals surface area (Å²) in [4.78, 5) is 11.6. The summed E-state index contributed by atoms with van der Waals surface area (Å²) >= 11 is 0. The Balaban J connectivity index is 2.12. The minimum Gasteiger partial charge on any atom is -0.463 e. The highest BCUT2D eigenvalue weighted by atomic mass is 28.4. The minimum absolute atomic E-state index is 0.109. The Morgan fingerprint density at radius 2 is 1.93 bits per heavy atom. The van der Waals surface area contributed by atoms with E-state index in [0.717, 1.165) is 32.1 Å². The molecular formula is C24H43FO3Si. The summed E-state index contributed by atoms with van der Waals surface area (Å²) in [5.41, 5.74) is 0.118. The van der Waals surface area contributed by atoms with Crippen molar-refractivity contribution in [1.29, 1.82) is 0 Å². The van der Waals surface area contributed by atoms with Crippen LogP contribution < -0.4 is 0 Å². The van der Waals surface area contributed by atoms with Crippen molar-refractivity contribution in [2.75, 3.05) is 6.61 Å². The molecule has 2 saturated carbocycles. The van der Waals surface area contributed by atoms with E-state index in [1.165, 1.54) is 12.2 Å². The smallest absolute Gasteiger partial charge is 0.330 e. The molecule has 0 heterocycles. The zero-order valence-electron chi connectivity index (χ0n) is 19.9. The molecule has 0 amide bonds. The van der Waals surface area contributed by atoms with Gasteiger partial charge in [0.25, 0.3) is 0 Å². The van der Waals surface area contributed by atoms with Crippen LogP contribution in [0.25, 0.3) is 0 Å². The average molecular weight is 427 g/mol. The number of esters is 1. The van der Waals surface area contributed by atoms with Gasteiger partial charge in [-0.3, -0.25) is 0 Å². The summed E-state index contributed by atoms with van der Waals surface area (Å²) in [6, 6.07) is 0. The molecule has 0 unspecified atom stereocenters. The lowest BCUT2D eigenvalue weighted by Gasteiger charge is -2.50. The zero-order chi connectivity index (χ0) is 22.0. The predicted molar refractivity (Wildman–Crippen MR) is 120 cm³/mol. The Labute approximate surface area is 178 Å². The number of alkyl halides is 1. The molecular weight excluding hydrogens is 383 g/mol. The first-order chi connectivity index (χ1) is 13.3. The molecule has 0 aromatic rings. The van der Waals surface area contributed by atoms with Crippen LogP contribution in [0.2, 0.25) is 18.1 Å². The first-order valence-electron chi connectivity index (χ1n) is 11.5. The summed E-state index contributed by atoms with van der Waals surface area (Å²) in [5.74, 6) is 0.264. The molecule has 0 aliphatic heterocycles. The molecule has 2 rings (SSSR count). The molecule has 3 nitrogen and oxygen atoms in total. The lowest BCUT2D eigenvalue weighted by atomic mass is 9.61. The highest BCUT2D eigenvalue weighted by Crippen LogP contribution is 2.59. The fraction of sp³-hybridized carbons (Fsp3) is 0.875. The van der Waals surface area contributed by atoms with Crippen LogP contribution in [0.5, 0.6) is 0 Å². The van der Waals surface area contributed by atoms with Crippen LogP contribution in [-0.4, -0.2) is 33.2 Å². The van der Waals surface area contributed by atoms with Crippen molar-refractivity contribution >= 4 is 14.3 Å². The second-order valence-electron chi connectivity index (χ2n) is 11.0. The largest absolute Gasteiger partial charge is 0.463 e. The van der Waals surface area contributed by atoms with E-state index in [4.69, 9.17) is 9.16 Å². The first kappa shape index (κ1) is 24.6. The lowest BCUT2D eigenvalue weighted by Crippen LogP contribution is -2.50. The maximum Gasteiger partial charge on any atom is 0.330 e. The third-order valence-electron chi connectivity index (χ3n) is 8.23. The monoisotopic (exact) mass is 426 g/mol. The molecule has 6 atom stereocenters. The highest BCUT2D eigenvalue weighted by Gasteiger charge is 2.55. The number of ether oxygens (including phenoxy) is 1. The normalized spacial score (nSPS) is 32.8. The van der Waals surface area contributed by atoms with E-state index in [-0.39, 0.29) is 16.4 Å². The quantitative estimate of drug-likeness (QED) is 0.258. The molecule has 5 heteroatoms. The summed E-state index contributed by atoms with van der Waals surface area (Å²) in [5, 5.41) is 0.202. The molecule has 2 aliphatic carbocycles. The van der Waals surface area contributed by atoms with Gasteiger partial charge in [-0.1, -0.05) is 41.0 Å². The Hall–Kier alpha value is -0.683. The summed E-state index contributed by atoms with van der Waals surface area (Å²) < 4.78 is 26.8. The van der Waals surface area contributed by atoms with Crippen molar-refractivity contribution in [2.24, 2.45) is 23.2 Å². The fourth-order valence-corrected chi connectivity index (χ4v) is 6.87. The number of carbonyl (C=O) groups excluding carboxylic acids is 1. The molecule has 2 fully saturated rings. The summed E-state index contributed by atoms with van der Waals surface area (Å²) in [7, 11) is -1.83. The van der Waals surface area contributed by atoms with E-state index in [1.54, 1.807) is 6.92 Å². The van der Waals surface area contributed by atoms with Crippen LogP contribution in [-0.2, 0) is 14.0 Å². The Morgan fingerprint density at radius 3 is 2.52 bits per heavy atom. The number of fused-ring (bicyclic) bond motifs is 1. The second-order valence-corrected chi connectivity index (χ2v) is 15.8. The maximum absolute atomic E-state index is 15.0. The average Bonchev–Trinajstić information content (AvgIpc) is 2.96. The fourth-order valence-electron chi connectivity index (χ4n) is 5.48. The Kier molecular flexibility index (Phi) is 7.81. The van der Waals surface area contributed by atoms with E-state index >= 15 is 0 Å². The third kappa shape index (κ3) is 5.33. The minimum atomic E-state index is -1.83. The van der Waals surface area contributed by atoms with Crippen LogP contribution in [0.15, 0.2) is 12.2 Å². The van der Waals surface area contributed by atoms with Crippen LogP contribution in [0.1, 0.15) is 73.6 Å². The molecule has 2 aliphatic rings. The molecule has 0 aromatic heterocycles. The third-order valence-corrected chi connectivity index (χ3v) is 12.7. The van der Waals surface area contributed by atoms with Gasteiger partial charge in [0.05, 0.1) is 6.61 Å². The lowest BCUT2D eigenvalue weighted by molar-refractivity contribution is -0.137. The van der Waals surface area contributed by atoms with Gasteiger partial charge in [0.1, 0.15) is 6.17 Å². The molecule has 0 radical (unpaired) electrons. The van der Waals surface area contributed by atoms with Gasteiger partial charge in [-0.25, -0.2) is 9.18 Å². The van der Waals surface area contributed by atoms with Gasteiger partial charge in [0, 0.05) is 12.2 Å². The number of hydrogen-bond acceptors (Lipinski definition) is 3. The van der Waals surface area contributed by atoms with Crippen LogP contribution in [0.3, 0.4) is 0 Å². The molecule has 0 saturated heterocycles. The summed E-state index contributed by atoms with van der Waals surface area (Å²) in [6.07, 6.45) is 7.45. The van der Waals surface area contributed by atoms with Gasteiger partial charge in [-0.05, 0) is 80.0 Å². The van der Waals surface area contributed by atoms with Gasteiger partial charge in [-0.2, -0.15) is 0 Å². The standard InChI is InChI=1S/C24H43FO3Si/c1-9-27-22(26)15-14-20(25)17(2)18-12-13-19-21(11-10-16-24(18,19)6)28-29(7,8)23(3,4)5/h14-15,17-21H,9-13,16H2,1-8H3/b15-14+/t17-,18+,19-,20-,21-,24+/m0/s1. The molecule has 0 N–H and O–H groups in total. The van der Waals surface area contributed by atoms with Crippen molar-refractivity contribution in [2.45, 2.75) is 104 Å². The molecule has 0 spiro atoms. The SMILES string of the molecule is CCOC(=O)/C=C/[C@H](F)[C@@H](C)[C@H]1CC[C@H]2[C@@H](O[Si](C)(C)C(C)(C)C)CCC[C@]12C. The zero-order valence-corrected chi connectivity index (χ0v) is 20.9. The van der Waals surface area contributed by atoms with Gasteiger partial charge in [-0.15, -0.1) is 0 Å². The van der Waals surface area contributed by atoms with E-state index in [9.17, 15) is 9.18 Å². The van der Waals surface area contributed by atoms with Crippen LogP contribution in [0.4, 0.5) is 4.39 Å². The van der Waals surface area contributed by atoms with E-state index in [2.05, 4.69) is 40.8 Å². The highest BCUT2D eigenvalue weighted by molar-refractivity contribution is 6.74. The van der Waals surface area contributed by atoms with Gasteiger partial charge in [0.15, 0.2) is 8.32 Å². The summed E-state index contributed by atoms with van der Waals surface area (Å²) in [6.45, 7) is 18.0. The number of allylic oxidation sites excluding steroid dienone is 1. The first-order valence-corrected chi connectivity index (χ1v) is 14.4. The topological polar surface area (TPSA) is 35.5 Å². The van der Waals surface area contributed by atoms with Crippen LogP contribution in [0, 0.1) is 23.2 Å². The van der Waals surface area contributed by atoms with Gasteiger partial charge >= 0.3 is 5.97 Å². The van der Waals surface area contributed by atoms with Crippen molar-refractivity contribution in [1.82, 2.24) is 0 Å². The van der Waals surface area contributed by atoms with Crippen LogP contribution >= 0.6 is 0 Å². The number of hydrogen-bond donors (Lipinski definition) is 0. The predicted octanol–water partition coefficient (Wildman–Crippen LogP) is 6.69. The van der Waals surface area contributed by atoms with Crippen molar-refractivity contribution < 1.29 is 18.3 Å². The maximum atomic E-state index is 15.0. The van der Waals surface area contributed by atoms with Gasteiger partial charge < -0.3 is 9.16 Å². The molecule has 0 aromatic carbocycles. The molecule has 168 valence electrons. The van der Waals surface area contributed by atoms with E-state index in [1.807, 2.05) is 6.92 Å². The van der Waals surface area contributed by atoms with E-state index in [0.29, 0.717) is 24.5 Å². The van der Waals surface area contributed by atoms with Gasteiger partial charge in [0.2, 0.25) is 0 Å². The van der Waals surface area contributed by atoms with Crippen molar-refractivity contribution in [3.63, 3.8) is 0 Å².